The molecule has 0 aliphatic heterocycles. The molecule has 4 rings (SSSR count). The molecule has 7 heteroatoms. The fourth-order valence-electron chi connectivity index (χ4n) is 3.21. The van der Waals surface area contributed by atoms with E-state index in [1.54, 1.807) is 11.9 Å². The molecule has 3 aromatic rings. The summed E-state index contributed by atoms with van der Waals surface area (Å²) in [5.41, 5.74) is 3.85. The van der Waals surface area contributed by atoms with Gasteiger partial charge in [-0.15, -0.1) is 0 Å². The van der Waals surface area contributed by atoms with Crippen LogP contribution in [-0.4, -0.2) is 33.1 Å². The highest BCUT2D eigenvalue weighted by atomic mass is 16.5. The normalized spacial score (nSPS) is 15.1. The van der Waals surface area contributed by atoms with Gasteiger partial charge in [-0.25, -0.2) is 9.78 Å². The average Bonchev–Trinajstić information content (AvgIpc) is 3.25. The van der Waals surface area contributed by atoms with E-state index in [1.807, 2.05) is 32.0 Å². The van der Waals surface area contributed by atoms with Crippen molar-refractivity contribution in [2.24, 2.45) is 0 Å². The first kappa shape index (κ1) is 17.6. The van der Waals surface area contributed by atoms with Crippen LogP contribution >= 0.6 is 0 Å². The Hall–Kier alpha value is -2.83. The number of nitrogens with one attached hydrogen (secondary N) is 2. The third kappa shape index (κ3) is 3.82. The molecular formula is C20H25N5O2. The van der Waals surface area contributed by atoms with Crippen molar-refractivity contribution in [1.82, 2.24) is 25.3 Å². The Labute approximate surface area is 158 Å². The van der Waals surface area contributed by atoms with Crippen molar-refractivity contribution in [3.05, 3.63) is 47.1 Å². The lowest BCUT2D eigenvalue weighted by atomic mass is 10.2. The number of aromatic nitrogens is 3. The number of aromatic amines is 1. The number of carbonyl (C=O) groups is 1. The average molecular weight is 367 g/mol. The second kappa shape index (κ2) is 7.06. The molecule has 1 aliphatic carbocycles. The van der Waals surface area contributed by atoms with E-state index in [0.717, 1.165) is 34.7 Å². The number of carbonyl (C=O) groups excluding carboxylic acids is 1. The molecule has 0 saturated heterocycles. The number of aryl methyl sites for hydroxylation is 1. The number of rotatable bonds is 6. The van der Waals surface area contributed by atoms with Crippen molar-refractivity contribution >= 4 is 17.1 Å². The molecule has 1 fully saturated rings. The van der Waals surface area contributed by atoms with E-state index >= 15 is 0 Å². The number of hydrogen-bond donors (Lipinski definition) is 2. The van der Waals surface area contributed by atoms with Crippen molar-refractivity contribution in [2.75, 3.05) is 7.05 Å². The van der Waals surface area contributed by atoms with Crippen molar-refractivity contribution in [3.8, 4) is 0 Å². The molecule has 7 nitrogen and oxygen atoms in total. The van der Waals surface area contributed by atoms with Gasteiger partial charge in [0.05, 0.1) is 23.6 Å². The maximum Gasteiger partial charge on any atom is 0.318 e. The van der Waals surface area contributed by atoms with Crippen LogP contribution in [0.4, 0.5) is 4.79 Å². The van der Waals surface area contributed by atoms with Crippen molar-refractivity contribution in [1.29, 1.82) is 0 Å². The smallest absolute Gasteiger partial charge is 0.318 e. The molecule has 142 valence electrons. The van der Waals surface area contributed by atoms with Gasteiger partial charge in [0.15, 0.2) is 0 Å². The van der Waals surface area contributed by atoms with Crippen LogP contribution in [0.1, 0.15) is 61.0 Å². The maximum atomic E-state index is 12.6. The number of urea groups is 1. The van der Waals surface area contributed by atoms with Gasteiger partial charge in [0, 0.05) is 19.0 Å². The van der Waals surface area contributed by atoms with Gasteiger partial charge in [0.1, 0.15) is 17.3 Å². The van der Waals surface area contributed by atoms with E-state index in [4.69, 9.17) is 4.52 Å². The van der Waals surface area contributed by atoms with E-state index < -0.39 is 0 Å². The molecule has 2 heterocycles. The predicted molar refractivity (Wildman–Crippen MR) is 102 cm³/mol. The van der Waals surface area contributed by atoms with Gasteiger partial charge in [-0.05, 0) is 43.9 Å². The van der Waals surface area contributed by atoms with Gasteiger partial charge in [-0.2, -0.15) is 0 Å². The molecule has 0 spiro atoms. The lowest BCUT2D eigenvalue weighted by molar-refractivity contribution is 0.200. The number of imidazole rings is 1. The van der Waals surface area contributed by atoms with Crippen LogP contribution in [0.25, 0.3) is 11.0 Å². The number of fused-ring (bicyclic) bond motifs is 1. The van der Waals surface area contributed by atoms with E-state index in [1.165, 1.54) is 18.4 Å². The first-order valence-electron chi connectivity index (χ1n) is 9.47. The number of hydrogen-bond acceptors (Lipinski definition) is 4. The Kier molecular flexibility index (Phi) is 4.59. The van der Waals surface area contributed by atoms with Crippen LogP contribution in [0.5, 0.6) is 0 Å². The Morgan fingerprint density at radius 2 is 2.22 bits per heavy atom. The molecular weight excluding hydrogens is 342 g/mol. The summed E-state index contributed by atoms with van der Waals surface area (Å²) in [6, 6.07) is 7.72. The Bertz CT molecular complexity index is 956. The first-order valence-corrected chi connectivity index (χ1v) is 9.47. The summed E-state index contributed by atoms with van der Waals surface area (Å²) >= 11 is 0. The van der Waals surface area contributed by atoms with Gasteiger partial charge in [0.25, 0.3) is 0 Å². The zero-order valence-corrected chi connectivity index (χ0v) is 16.0. The SMILES string of the molecule is CC[C@H](NC(=O)N(C)Cc1cc(C2CC2)on1)c1nc2ccc(C)cc2[nH]1. The summed E-state index contributed by atoms with van der Waals surface area (Å²) in [6.45, 7) is 4.49. The molecule has 0 bridgehead atoms. The van der Waals surface area contributed by atoms with E-state index in [9.17, 15) is 4.79 Å². The molecule has 0 radical (unpaired) electrons. The summed E-state index contributed by atoms with van der Waals surface area (Å²) in [7, 11) is 1.76. The van der Waals surface area contributed by atoms with Gasteiger partial charge < -0.3 is 19.7 Å². The van der Waals surface area contributed by atoms with Crippen LogP contribution in [0.2, 0.25) is 0 Å². The monoisotopic (exact) mass is 367 g/mol. The third-order valence-electron chi connectivity index (χ3n) is 4.99. The molecule has 2 aromatic heterocycles. The minimum atomic E-state index is -0.174. The highest BCUT2D eigenvalue weighted by molar-refractivity contribution is 5.77. The minimum absolute atomic E-state index is 0.158. The van der Waals surface area contributed by atoms with Gasteiger partial charge in [0.2, 0.25) is 0 Å². The maximum absolute atomic E-state index is 12.6. The van der Waals surface area contributed by atoms with Gasteiger partial charge in [-0.1, -0.05) is 18.1 Å². The number of benzene rings is 1. The Morgan fingerprint density at radius 3 is 2.96 bits per heavy atom. The number of amides is 2. The first-order chi connectivity index (χ1) is 13.0. The van der Waals surface area contributed by atoms with Gasteiger partial charge in [-0.3, -0.25) is 0 Å². The zero-order chi connectivity index (χ0) is 19.0. The largest absolute Gasteiger partial charge is 0.361 e. The summed E-state index contributed by atoms with van der Waals surface area (Å²) in [6.07, 6.45) is 3.08. The summed E-state index contributed by atoms with van der Waals surface area (Å²) in [5, 5.41) is 7.13. The molecule has 2 N–H and O–H groups in total. The Balaban J connectivity index is 1.42. The Morgan fingerprint density at radius 1 is 1.41 bits per heavy atom. The van der Waals surface area contributed by atoms with Crippen molar-refractivity contribution in [2.45, 2.75) is 51.6 Å². The molecule has 1 saturated carbocycles. The topological polar surface area (TPSA) is 87.1 Å². The quantitative estimate of drug-likeness (QED) is 0.689. The summed E-state index contributed by atoms with van der Waals surface area (Å²) in [5.74, 6) is 2.23. The number of nitrogens with zero attached hydrogens (tertiary/aromatic N) is 3. The lowest BCUT2D eigenvalue weighted by Crippen LogP contribution is -2.39. The zero-order valence-electron chi connectivity index (χ0n) is 16.0. The van der Waals surface area contributed by atoms with Crippen LogP contribution in [-0.2, 0) is 6.54 Å². The van der Waals surface area contributed by atoms with E-state index in [2.05, 4.69) is 26.5 Å². The second-order valence-electron chi connectivity index (χ2n) is 7.40. The van der Waals surface area contributed by atoms with E-state index in [-0.39, 0.29) is 12.1 Å². The predicted octanol–water partition coefficient (Wildman–Crippen LogP) is 4.03. The van der Waals surface area contributed by atoms with Gasteiger partial charge >= 0.3 is 6.03 Å². The summed E-state index contributed by atoms with van der Waals surface area (Å²) in [4.78, 5) is 22.2. The third-order valence-corrected chi connectivity index (χ3v) is 4.99. The summed E-state index contributed by atoms with van der Waals surface area (Å²) < 4.78 is 5.36. The van der Waals surface area contributed by atoms with Crippen molar-refractivity contribution in [3.63, 3.8) is 0 Å². The molecule has 1 aromatic carbocycles. The second-order valence-corrected chi connectivity index (χ2v) is 7.40. The fourth-order valence-corrected chi connectivity index (χ4v) is 3.21. The lowest BCUT2D eigenvalue weighted by Gasteiger charge is -2.21. The van der Waals surface area contributed by atoms with Crippen LogP contribution in [0, 0.1) is 6.92 Å². The highest BCUT2D eigenvalue weighted by Gasteiger charge is 2.28. The fraction of sp³-hybridized carbons (Fsp3) is 0.450. The van der Waals surface area contributed by atoms with Crippen molar-refractivity contribution < 1.29 is 9.32 Å². The molecule has 2 amide bonds. The molecule has 1 aliphatic rings. The molecule has 1 atom stereocenters. The van der Waals surface area contributed by atoms with E-state index in [0.29, 0.717) is 12.5 Å². The van der Waals surface area contributed by atoms with Crippen LogP contribution in [0.15, 0.2) is 28.8 Å². The van der Waals surface area contributed by atoms with Crippen LogP contribution < -0.4 is 5.32 Å². The standard InChI is InChI=1S/C20H25N5O2/c1-4-15(19-21-16-8-5-12(2)9-17(16)22-19)23-20(26)25(3)11-14-10-18(27-24-14)13-6-7-13/h5,8-10,13,15H,4,6-7,11H2,1-3H3,(H,21,22)(H,23,26)/t15-/m0/s1. The number of H-pyrrole nitrogens is 1. The molecule has 27 heavy (non-hydrogen) atoms. The van der Waals surface area contributed by atoms with Crippen LogP contribution in [0.3, 0.4) is 0 Å². The highest BCUT2D eigenvalue weighted by Crippen LogP contribution is 2.40. The molecule has 0 unspecified atom stereocenters. The minimum Gasteiger partial charge on any atom is -0.361 e.